The zero-order chi connectivity index (χ0) is 13.9. The molecule has 0 saturated carbocycles. The number of nitrogens with one attached hydrogen (secondary N) is 1. The Morgan fingerprint density at radius 1 is 1.56 bits per heavy atom. The number of sulfonamides is 1. The van der Waals surface area contributed by atoms with Gasteiger partial charge in [0.25, 0.3) is 10.0 Å². The van der Waals surface area contributed by atoms with Crippen molar-refractivity contribution in [3.05, 3.63) is 15.9 Å². The Kier molecular flexibility index (Phi) is 5.32. The monoisotopic (exact) mass is 354 g/mol. The van der Waals surface area contributed by atoms with Crippen molar-refractivity contribution in [3.63, 3.8) is 0 Å². The molecule has 102 valence electrons. The summed E-state index contributed by atoms with van der Waals surface area (Å²) in [5.41, 5.74) is 0. The van der Waals surface area contributed by atoms with Crippen LogP contribution in [0.2, 0.25) is 0 Å². The summed E-state index contributed by atoms with van der Waals surface area (Å²) in [6, 6.07) is 1.65. The molecule has 0 aromatic carbocycles. The van der Waals surface area contributed by atoms with Gasteiger partial charge in [0.05, 0.1) is 6.54 Å². The number of halogens is 1. The van der Waals surface area contributed by atoms with E-state index in [-0.39, 0.29) is 22.7 Å². The molecule has 0 unspecified atom stereocenters. The molecular weight excluding hydrogens is 340 g/mol. The minimum Gasteiger partial charge on any atom is -0.353 e. The molecule has 0 atom stereocenters. The lowest BCUT2D eigenvalue weighted by Gasteiger charge is -2.17. The van der Waals surface area contributed by atoms with Crippen LogP contribution in [0.5, 0.6) is 0 Å². The lowest BCUT2D eigenvalue weighted by atomic mass is 10.4. The van der Waals surface area contributed by atoms with Crippen molar-refractivity contribution in [3.8, 4) is 0 Å². The van der Waals surface area contributed by atoms with Gasteiger partial charge in [0.1, 0.15) is 4.21 Å². The SMILES string of the molecule is CC(C)NC(=O)CN(C)S(=O)(=O)c1sccc1Br. The van der Waals surface area contributed by atoms with Gasteiger partial charge in [-0.2, -0.15) is 4.31 Å². The van der Waals surface area contributed by atoms with Gasteiger partial charge < -0.3 is 5.32 Å². The number of thiophene rings is 1. The smallest absolute Gasteiger partial charge is 0.253 e. The van der Waals surface area contributed by atoms with Crippen molar-refractivity contribution in [1.82, 2.24) is 9.62 Å². The minimum atomic E-state index is -3.61. The molecule has 0 aliphatic heterocycles. The van der Waals surface area contributed by atoms with Crippen molar-refractivity contribution < 1.29 is 13.2 Å². The molecule has 1 rings (SSSR count). The molecule has 8 heteroatoms. The van der Waals surface area contributed by atoms with Crippen LogP contribution in [-0.4, -0.2) is 38.3 Å². The molecule has 0 bridgehead atoms. The maximum Gasteiger partial charge on any atom is 0.253 e. The maximum atomic E-state index is 12.2. The largest absolute Gasteiger partial charge is 0.353 e. The second-order valence-electron chi connectivity index (χ2n) is 4.04. The highest BCUT2D eigenvalue weighted by Crippen LogP contribution is 2.29. The summed E-state index contributed by atoms with van der Waals surface area (Å²) in [4.78, 5) is 11.5. The zero-order valence-electron chi connectivity index (χ0n) is 10.3. The average Bonchev–Trinajstić information content (AvgIpc) is 2.63. The van der Waals surface area contributed by atoms with E-state index in [0.29, 0.717) is 4.47 Å². The fourth-order valence-corrected chi connectivity index (χ4v) is 4.89. The molecule has 0 spiro atoms. The van der Waals surface area contributed by atoms with E-state index in [1.54, 1.807) is 11.4 Å². The summed E-state index contributed by atoms with van der Waals surface area (Å²) in [6.45, 7) is 3.45. The van der Waals surface area contributed by atoms with E-state index in [1.165, 1.54) is 7.05 Å². The number of hydrogen-bond acceptors (Lipinski definition) is 4. The van der Waals surface area contributed by atoms with Gasteiger partial charge in [0, 0.05) is 17.6 Å². The lowest BCUT2D eigenvalue weighted by Crippen LogP contribution is -2.40. The van der Waals surface area contributed by atoms with Gasteiger partial charge in [0.2, 0.25) is 5.91 Å². The molecule has 0 saturated heterocycles. The summed E-state index contributed by atoms with van der Waals surface area (Å²) >= 11 is 4.30. The molecule has 1 aromatic rings. The van der Waals surface area contributed by atoms with Gasteiger partial charge in [-0.25, -0.2) is 8.42 Å². The van der Waals surface area contributed by atoms with Crippen LogP contribution >= 0.6 is 27.3 Å². The van der Waals surface area contributed by atoms with Gasteiger partial charge in [-0.15, -0.1) is 11.3 Å². The molecule has 1 aromatic heterocycles. The number of carbonyl (C=O) groups is 1. The predicted octanol–water partition coefficient (Wildman–Crippen LogP) is 1.66. The Morgan fingerprint density at radius 3 is 2.61 bits per heavy atom. The number of amides is 1. The first-order chi connectivity index (χ1) is 8.25. The lowest BCUT2D eigenvalue weighted by molar-refractivity contribution is -0.121. The Balaban J connectivity index is 2.81. The predicted molar refractivity (Wildman–Crippen MR) is 75.1 cm³/mol. The molecule has 1 amide bonds. The van der Waals surface area contributed by atoms with E-state index >= 15 is 0 Å². The average molecular weight is 355 g/mol. The second-order valence-corrected chi connectivity index (χ2v) is 8.05. The summed E-state index contributed by atoms with van der Waals surface area (Å²) < 4.78 is 26.1. The highest BCUT2D eigenvalue weighted by atomic mass is 79.9. The van der Waals surface area contributed by atoms with Crippen LogP contribution in [0, 0.1) is 0 Å². The van der Waals surface area contributed by atoms with Gasteiger partial charge >= 0.3 is 0 Å². The standard InChI is InChI=1S/C10H15BrN2O3S2/c1-7(2)12-9(14)6-13(3)18(15,16)10-8(11)4-5-17-10/h4-5,7H,6H2,1-3H3,(H,12,14). The van der Waals surface area contributed by atoms with E-state index in [4.69, 9.17) is 0 Å². The van der Waals surface area contributed by atoms with Gasteiger partial charge in [-0.3, -0.25) is 4.79 Å². The summed E-state index contributed by atoms with van der Waals surface area (Å²) in [7, 11) is -2.22. The first-order valence-corrected chi connectivity index (χ1v) is 8.35. The minimum absolute atomic E-state index is 0.0120. The molecule has 0 radical (unpaired) electrons. The van der Waals surface area contributed by atoms with Crippen LogP contribution in [0.4, 0.5) is 0 Å². The summed E-state index contributed by atoms with van der Waals surface area (Å²) in [5, 5.41) is 4.33. The number of nitrogens with zero attached hydrogens (tertiary/aromatic N) is 1. The Hall–Kier alpha value is -0.440. The van der Waals surface area contributed by atoms with E-state index < -0.39 is 10.0 Å². The molecule has 1 heterocycles. The molecule has 0 fully saturated rings. The third-order valence-corrected chi connectivity index (χ3v) is 6.50. The maximum absolute atomic E-state index is 12.2. The van der Waals surface area contributed by atoms with Crippen LogP contribution < -0.4 is 5.32 Å². The number of likely N-dealkylation sites (N-methyl/N-ethyl adjacent to an activating group) is 1. The number of rotatable bonds is 5. The number of hydrogen-bond donors (Lipinski definition) is 1. The zero-order valence-corrected chi connectivity index (χ0v) is 13.5. The van der Waals surface area contributed by atoms with Crippen molar-refractivity contribution in [2.75, 3.05) is 13.6 Å². The van der Waals surface area contributed by atoms with E-state index in [2.05, 4.69) is 21.2 Å². The molecule has 0 aliphatic rings. The Labute approximate surface area is 119 Å². The van der Waals surface area contributed by atoms with Gasteiger partial charge in [0.15, 0.2) is 0 Å². The van der Waals surface area contributed by atoms with Gasteiger partial charge in [-0.05, 0) is 41.2 Å². The third kappa shape index (κ3) is 3.78. The highest BCUT2D eigenvalue weighted by molar-refractivity contribution is 9.10. The van der Waals surface area contributed by atoms with Crippen molar-refractivity contribution in [2.24, 2.45) is 0 Å². The molecule has 18 heavy (non-hydrogen) atoms. The number of carbonyl (C=O) groups excluding carboxylic acids is 1. The summed E-state index contributed by atoms with van der Waals surface area (Å²) in [5.74, 6) is -0.316. The van der Waals surface area contributed by atoms with Gasteiger partial charge in [-0.1, -0.05) is 0 Å². The van der Waals surface area contributed by atoms with Crippen LogP contribution in [0.15, 0.2) is 20.1 Å². The highest BCUT2D eigenvalue weighted by Gasteiger charge is 2.26. The third-order valence-electron chi connectivity index (χ3n) is 2.04. The fourth-order valence-electron chi connectivity index (χ4n) is 1.26. The Morgan fingerprint density at radius 2 is 2.17 bits per heavy atom. The molecular formula is C10H15BrN2O3S2. The first-order valence-electron chi connectivity index (χ1n) is 5.24. The second kappa shape index (κ2) is 6.14. The van der Waals surface area contributed by atoms with E-state index in [1.807, 2.05) is 13.8 Å². The topological polar surface area (TPSA) is 66.5 Å². The molecule has 1 N–H and O–H groups in total. The Bertz CT molecular complexity index is 525. The summed E-state index contributed by atoms with van der Waals surface area (Å²) in [6.07, 6.45) is 0. The van der Waals surface area contributed by atoms with E-state index in [0.717, 1.165) is 15.6 Å². The van der Waals surface area contributed by atoms with E-state index in [9.17, 15) is 13.2 Å². The van der Waals surface area contributed by atoms with Crippen molar-refractivity contribution >= 4 is 43.2 Å². The normalized spacial score (nSPS) is 12.1. The quantitative estimate of drug-likeness (QED) is 0.874. The van der Waals surface area contributed by atoms with Crippen LogP contribution in [0.1, 0.15) is 13.8 Å². The van der Waals surface area contributed by atoms with Crippen LogP contribution in [0.3, 0.4) is 0 Å². The molecule has 0 aliphatic carbocycles. The van der Waals surface area contributed by atoms with Crippen molar-refractivity contribution in [1.29, 1.82) is 0 Å². The van der Waals surface area contributed by atoms with Crippen LogP contribution in [0.25, 0.3) is 0 Å². The fraction of sp³-hybridized carbons (Fsp3) is 0.500. The van der Waals surface area contributed by atoms with Crippen molar-refractivity contribution in [2.45, 2.75) is 24.1 Å². The van der Waals surface area contributed by atoms with Crippen LogP contribution in [-0.2, 0) is 14.8 Å². The first kappa shape index (κ1) is 15.6. The molecule has 5 nitrogen and oxygen atoms in total.